The Balaban J connectivity index is 1.45. The number of benzene rings is 4. The number of hydrogen-bond acceptors (Lipinski definition) is 3. The Labute approximate surface area is 188 Å². The first-order valence-electron chi connectivity index (χ1n) is 9.19. The van der Waals surface area contributed by atoms with Crippen molar-refractivity contribution in [3.63, 3.8) is 0 Å². The molecule has 0 N–H and O–H groups in total. The third kappa shape index (κ3) is 5.14. The molecule has 0 fully saturated rings. The summed E-state index contributed by atoms with van der Waals surface area (Å²) in [6.45, 7) is 0. The second-order valence-corrected chi connectivity index (χ2v) is 9.14. The highest BCUT2D eigenvalue weighted by Crippen LogP contribution is 2.36. The molecule has 30 heavy (non-hydrogen) atoms. The molecule has 0 aliphatic carbocycles. The highest BCUT2D eigenvalue weighted by atomic mass is 35.5. The Morgan fingerprint density at radius 3 is 1.83 bits per heavy atom. The second kappa shape index (κ2) is 9.52. The van der Waals surface area contributed by atoms with Gasteiger partial charge in [0.25, 0.3) is 0 Å². The molecule has 0 aromatic heterocycles. The predicted molar refractivity (Wildman–Crippen MR) is 122 cm³/mol. The molecule has 1 nitrogen and oxygen atoms in total. The maximum Gasteiger partial charge on any atom is 0.193 e. The van der Waals surface area contributed by atoms with Crippen LogP contribution in [-0.4, -0.2) is 5.78 Å². The van der Waals surface area contributed by atoms with Crippen molar-refractivity contribution >= 4 is 40.9 Å². The monoisotopic (exact) mass is 450 g/mol. The van der Waals surface area contributed by atoms with Crippen LogP contribution >= 0.6 is 35.1 Å². The van der Waals surface area contributed by atoms with E-state index in [4.69, 9.17) is 11.6 Å². The smallest absolute Gasteiger partial charge is 0.193 e. The van der Waals surface area contributed by atoms with E-state index < -0.39 is 0 Å². The van der Waals surface area contributed by atoms with Gasteiger partial charge in [-0.3, -0.25) is 4.79 Å². The van der Waals surface area contributed by atoms with E-state index in [1.807, 2.05) is 54.6 Å². The number of rotatable bonds is 6. The molecule has 0 bridgehead atoms. The van der Waals surface area contributed by atoms with Gasteiger partial charge in [0.1, 0.15) is 5.82 Å². The number of halogens is 2. The van der Waals surface area contributed by atoms with E-state index in [9.17, 15) is 9.18 Å². The third-order valence-corrected chi connectivity index (χ3v) is 6.86. The van der Waals surface area contributed by atoms with Gasteiger partial charge < -0.3 is 0 Å². The van der Waals surface area contributed by atoms with Crippen molar-refractivity contribution in [1.29, 1.82) is 0 Å². The minimum absolute atomic E-state index is 0.0452. The summed E-state index contributed by atoms with van der Waals surface area (Å²) in [5.41, 5.74) is 1.21. The molecular weight excluding hydrogens is 435 g/mol. The Hall–Kier alpha value is -2.53. The summed E-state index contributed by atoms with van der Waals surface area (Å²) in [4.78, 5) is 16.6. The molecular formula is C25H16ClFOS2. The van der Waals surface area contributed by atoms with E-state index >= 15 is 0 Å². The SMILES string of the molecule is O=C(c1ccccc1)c1ccc(Sc2ccc(Sc3ccc(F)cc3)cc2)c(Cl)c1. The normalized spacial score (nSPS) is 10.7. The average Bonchev–Trinajstić information content (AvgIpc) is 2.78. The van der Waals surface area contributed by atoms with Crippen molar-refractivity contribution in [2.24, 2.45) is 0 Å². The fraction of sp³-hybridized carbons (Fsp3) is 0. The van der Waals surface area contributed by atoms with Crippen LogP contribution in [0.3, 0.4) is 0 Å². The molecule has 0 saturated carbocycles. The van der Waals surface area contributed by atoms with Gasteiger partial charge in [-0.15, -0.1) is 0 Å². The molecule has 4 aromatic carbocycles. The fourth-order valence-corrected chi connectivity index (χ4v) is 4.75. The fourth-order valence-electron chi connectivity index (χ4n) is 2.82. The largest absolute Gasteiger partial charge is 0.289 e. The lowest BCUT2D eigenvalue weighted by Gasteiger charge is -2.08. The van der Waals surface area contributed by atoms with E-state index in [2.05, 4.69) is 0 Å². The molecule has 0 unspecified atom stereocenters. The molecule has 0 amide bonds. The molecule has 0 heterocycles. The van der Waals surface area contributed by atoms with E-state index in [-0.39, 0.29) is 11.6 Å². The summed E-state index contributed by atoms with van der Waals surface area (Å²) >= 11 is 9.58. The zero-order valence-corrected chi connectivity index (χ0v) is 18.1. The minimum atomic E-state index is -0.237. The van der Waals surface area contributed by atoms with Crippen LogP contribution in [0.1, 0.15) is 15.9 Å². The Morgan fingerprint density at radius 1 is 0.667 bits per heavy atom. The third-order valence-electron chi connectivity index (χ3n) is 4.33. The van der Waals surface area contributed by atoms with Crippen molar-refractivity contribution in [1.82, 2.24) is 0 Å². The van der Waals surface area contributed by atoms with Gasteiger partial charge in [-0.05, 0) is 66.7 Å². The Bertz CT molecular complexity index is 1160. The zero-order valence-electron chi connectivity index (χ0n) is 15.7. The number of carbonyl (C=O) groups excluding carboxylic acids is 1. The summed E-state index contributed by atoms with van der Waals surface area (Å²) < 4.78 is 13.0. The topological polar surface area (TPSA) is 17.1 Å². The van der Waals surface area contributed by atoms with Gasteiger partial charge in [-0.25, -0.2) is 4.39 Å². The maximum absolute atomic E-state index is 13.0. The van der Waals surface area contributed by atoms with Crippen molar-refractivity contribution in [3.8, 4) is 0 Å². The molecule has 4 aromatic rings. The van der Waals surface area contributed by atoms with Gasteiger partial charge in [0.05, 0.1) is 5.02 Å². The van der Waals surface area contributed by atoms with Gasteiger partial charge in [-0.2, -0.15) is 0 Å². The van der Waals surface area contributed by atoms with Gasteiger partial charge in [0.2, 0.25) is 0 Å². The van der Waals surface area contributed by atoms with E-state index in [1.54, 1.807) is 53.9 Å². The number of ketones is 1. The van der Waals surface area contributed by atoms with Gasteiger partial charge in [0, 0.05) is 30.7 Å². The molecule has 0 saturated heterocycles. The lowest BCUT2D eigenvalue weighted by molar-refractivity contribution is 0.103. The van der Waals surface area contributed by atoms with E-state index in [0.717, 1.165) is 19.6 Å². The van der Waals surface area contributed by atoms with Crippen LogP contribution in [0.25, 0.3) is 0 Å². The number of hydrogen-bond donors (Lipinski definition) is 0. The molecule has 0 aliphatic heterocycles. The van der Waals surface area contributed by atoms with Crippen molar-refractivity contribution in [2.75, 3.05) is 0 Å². The average molecular weight is 451 g/mol. The Kier molecular flexibility index (Phi) is 6.58. The highest BCUT2D eigenvalue weighted by molar-refractivity contribution is 7.99. The molecule has 0 radical (unpaired) electrons. The first-order valence-corrected chi connectivity index (χ1v) is 11.2. The van der Waals surface area contributed by atoms with E-state index in [1.165, 1.54) is 12.1 Å². The lowest BCUT2D eigenvalue weighted by Crippen LogP contribution is -2.00. The van der Waals surface area contributed by atoms with Gasteiger partial charge in [-0.1, -0.05) is 65.5 Å². The number of carbonyl (C=O) groups is 1. The second-order valence-electron chi connectivity index (χ2n) is 6.47. The van der Waals surface area contributed by atoms with Gasteiger partial charge in [0.15, 0.2) is 5.78 Å². The summed E-state index contributed by atoms with van der Waals surface area (Å²) in [5.74, 6) is -0.282. The highest BCUT2D eigenvalue weighted by Gasteiger charge is 2.12. The summed E-state index contributed by atoms with van der Waals surface area (Å²) in [6, 6.07) is 29.1. The van der Waals surface area contributed by atoms with Crippen molar-refractivity contribution < 1.29 is 9.18 Å². The molecule has 148 valence electrons. The standard InChI is InChI=1S/C25H16ClFOS2/c26-23-16-18(25(28)17-4-2-1-3-5-17)6-15-24(23)30-22-13-11-21(12-14-22)29-20-9-7-19(27)8-10-20/h1-16H. The molecule has 4 rings (SSSR count). The lowest BCUT2D eigenvalue weighted by atomic mass is 10.0. The predicted octanol–water partition coefficient (Wildman–Crippen LogP) is 8.01. The van der Waals surface area contributed by atoms with Crippen LogP contribution in [0.5, 0.6) is 0 Å². The molecule has 0 aliphatic rings. The Morgan fingerprint density at radius 2 is 1.23 bits per heavy atom. The molecule has 0 atom stereocenters. The molecule has 5 heteroatoms. The van der Waals surface area contributed by atoms with Crippen molar-refractivity contribution in [3.05, 3.63) is 119 Å². The van der Waals surface area contributed by atoms with Crippen molar-refractivity contribution in [2.45, 2.75) is 19.6 Å². The summed E-state index contributed by atoms with van der Waals surface area (Å²) in [5, 5.41) is 0.548. The van der Waals surface area contributed by atoms with Crippen LogP contribution in [0.2, 0.25) is 5.02 Å². The minimum Gasteiger partial charge on any atom is -0.289 e. The van der Waals surface area contributed by atoms with Crippen LogP contribution in [-0.2, 0) is 0 Å². The van der Waals surface area contributed by atoms with E-state index in [0.29, 0.717) is 16.1 Å². The summed E-state index contributed by atoms with van der Waals surface area (Å²) in [6.07, 6.45) is 0. The summed E-state index contributed by atoms with van der Waals surface area (Å²) in [7, 11) is 0. The first-order chi connectivity index (χ1) is 14.6. The van der Waals surface area contributed by atoms with Gasteiger partial charge >= 0.3 is 0 Å². The van der Waals surface area contributed by atoms with Crippen LogP contribution in [0.15, 0.2) is 117 Å². The quantitative estimate of drug-likeness (QED) is 0.277. The van der Waals surface area contributed by atoms with Crippen LogP contribution in [0.4, 0.5) is 4.39 Å². The molecule has 0 spiro atoms. The first kappa shape index (κ1) is 20.7. The maximum atomic E-state index is 13.0. The van der Waals surface area contributed by atoms with Crippen LogP contribution < -0.4 is 0 Å². The zero-order chi connectivity index (χ0) is 20.9. The van der Waals surface area contributed by atoms with Crippen LogP contribution in [0, 0.1) is 5.82 Å².